The van der Waals surface area contributed by atoms with Crippen LogP contribution < -0.4 is 5.32 Å². The number of allylic oxidation sites excluding steroid dienone is 15. The van der Waals surface area contributed by atoms with Crippen LogP contribution in [0.15, 0.2) is 97.2 Å². The fourth-order valence-corrected chi connectivity index (χ4v) is 9.38. The number of esters is 1. The van der Waals surface area contributed by atoms with Crippen molar-refractivity contribution in [2.45, 2.75) is 277 Å². The van der Waals surface area contributed by atoms with Crippen molar-refractivity contribution < 1.29 is 37.3 Å². The van der Waals surface area contributed by atoms with Crippen molar-refractivity contribution in [3.8, 4) is 0 Å². The first-order valence-corrected chi connectivity index (χ1v) is 33.1. The number of phosphoric ester groups is 1. The molecular formula is C67H120N2O7P+. The molecule has 0 rings (SSSR count). The number of quaternary nitrogens is 1. The number of nitrogens with zero attached hydrogens (tertiary/aromatic N) is 1. The summed E-state index contributed by atoms with van der Waals surface area (Å²) in [5.74, 6) is -0.541. The number of hydrogen-bond donors (Lipinski definition) is 2. The maximum Gasteiger partial charge on any atom is 0.472 e. The Morgan fingerprint density at radius 3 is 1.27 bits per heavy atom. The van der Waals surface area contributed by atoms with Crippen molar-refractivity contribution in [3.63, 3.8) is 0 Å². The number of amides is 1. The van der Waals surface area contributed by atoms with E-state index in [4.69, 9.17) is 13.8 Å². The minimum Gasteiger partial charge on any atom is -0.456 e. The topological polar surface area (TPSA) is 111 Å². The predicted octanol–water partition coefficient (Wildman–Crippen LogP) is 19.6. The van der Waals surface area contributed by atoms with Crippen molar-refractivity contribution in [3.05, 3.63) is 97.2 Å². The molecule has 0 spiro atoms. The summed E-state index contributed by atoms with van der Waals surface area (Å²) in [6.45, 7) is 6.85. The Morgan fingerprint density at radius 2 is 0.831 bits per heavy atom. The monoisotopic (exact) mass is 1100 g/mol. The van der Waals surface area contributed by atoms with Crippen LogP contribution in [-0.2, 0) is 27.9 Å². The number of unbranched alkanes of at least 4 members (excludes halogenated alkanes) is 26. The summed E-state index contributed by atoms with van der Waals surface area (Å²) < 4.78 is 30.7. The molecule has 444 valence electrons. The highest BCUT2D eigenvalue weighted by atomic mass is 31.2. The highest BCUT2D eigenvalue weighted by Gasteiger charge is 2.30. The second-order valence-electron chi connectivity index (χ2n) is 22.2. The summed E-state index contributed by atoms with van der Waals surface area (Å²) in [4.78, 5) is 37.7. The average molecular weight is 1100 g/mol. The largest absolute Gasteiger partial charge is 0.472 e. The maximum absolute atomic E-state index is 13.6. The Bertz CT molecular complexity index is 1640. The van der Waals surface area contributed by atoms with Crippen LogP contribution in [0.3, 0.4) is 0 Å². The van der Waals surface area contributed by atoms with Gasteiger partial charge in [0.2, 0.25) is 5.91 Å². The van der Waals surface area contributed by atoms with Gasteiger partial charge in [0, 0.05) is 12.8 Å². The molecule has 0 aromatic rings. The molecule has 0 saturated heterocycles. The Hall–Kier alpha value is -3.07. The number of phosphoric acid groups is 1. The molecule has 0 heterocycles. The Morgan fingerprint density at radius 1 is 0.468 bits per heavy atom. The molecule has 10 heteroatoms. The lowest BCUT2D eigenvalue weighted by molar-refractivity contribution is -0.870. The van der Waals surface area contributed by atoms with Crippen molar-refractivity contribution in [1.29, 1.82) is 0 Å². The fourth-order valence-electron chi connectivity index (χ4n) is 8.64. The summed E-state index contributed by atoms with van der Waals surface area (Å²) in [7, 11) is 1.47. The van der Waals surface area contributed by atoms with Crippen molar-refractivity contribution in [2.24, 2.45) is 0 Å². The van der Waals surface area contributed by atoms with Gasteiger partial charge in [-0.2, -0.15) is 0 Å². The van der Waals surface area contributed by atoms with Gasteiger partial charge >= 0.3 is 13.8 Å². The molecule has 1 amide bonds. The van der Waals surface area contributed by atoms with Gasteiger partial charge in [-0.05, 0) is 109 Å². The Balaban J connectivity index is 5.19. The van der Waals surface area contributed by atoms with E-state index in [0.717, 1.165) is 116 Å². The molecule has 0 radical (unpaired) electrons. The summed E-state index contributed by atoms with van der Waals surface area (Å²) in [5, 5.41) is 3.05. The molecule has 0 saturated carbocycles. The van der Waals surface area contributed by atoms with Crippen LogP contribution >= 0.6 is 7.82 Å². The van der Waals surface area contributed by atoms with E-state index < -0.39 is 20.0 Å². The van der Waals surface area contributed by atoms with E-state index in [1.165, 1.54) is 109 Å². The molecule has 3 unspecified atom stereocenters. The van der Waals surface area contributed by atoms with E-state index in [1.54, 1.807) is 0 Å². The molecule has 77 heavy (non-hydrogen) atoms. The molecule has 0 aliphatic carbocycles. The quantitative estimate of drug-likeness (QED) is 0.0205. The van der Waals surface area contributed by atoms with Gasteiger partial charge in [0.1, 0.15) is 19.3 Å². The van der Waals surface area contributed by atoms with Gasteiger partial charge < -0.3 is 19.4 Å². The smallest absolute Gasteiger partial charge is 0.456 e. The number of carbonyl (C=O) groups is 2. The van der Waals surface area contributed by atoms with Crippen molar-refractivity contribution in [1.82, 2.24) is 5.32 Å². The van der Waals surface area contributed by atoms with E-state index in [-0.39, 0.29) is 31.5 Å². The van der Waals surface area contributed by atoms with Gasteiger partial charge in [0.25, 0.3) is 0 Å². The molecule has 0 bridgehead atoms. The first-order valence-electron chi connectivity index (χ1n) is 31.6. The standard InChI is InChI=1S/C67H119N2O7P/c1-7-10-13-16-19-22-25-28-30-31-32-33-34-35-36-37-38-39-40-41-44-47-50-53-56-59-66(70)68-64(63-75-77(72,73)74-62-61-69(4,5)6)65(58-55-52-49-46-43-27-24-21-18-15-12-9-3)76-67(71)60-57-54-51-48-45-42-29-26-23-20-17-14-11-8-2/h11,14,19-20,22-23,28-30,32-33,35-36,42,55,58,64-65H,7-10,12-13,15-18,21,24-27,31,34,37-41,43-54,56-57,59-63H2,1-6H3,(H-,68,70,72,73)/p+1/b14-11+,22-19-,23-20+,30-28-,33-32-,36-35-,42-29+,58-55-. The molecule has 3 atom stereocenters. The number of nitrogens with one attached hydrogen (secondary N) is 1. The first kappa shape index (κ1) is 73.9. The minimum absolute atomic E-state index is 0.0308. The zero-order valence-electron chi connectivity index (χ0n) is 50.7. The van der Waals surface area contributed by atoms with Crippen LogP contribution in [0.4, 0.5) is 0 Å². The van der Waals surface area contributed by atoms with Crippen LogP contribution in [0.5, 0.6) is 0 Å². The van der Waals surface area contributed by atoms with Crippen LogP contribution in [0.25, 0.3) is 0 Å². The highest BCUT2D eigenvalue weighted by Crippen LogP contribution is 2.43. The number of carbonyl (C=O) groups excluding carboxylic acids is 2. The summed E-state index contributed by atoms with van der Waals surface area (Å²) in [6.07, 6.45) is 75.5. The summed E-state index contributed by atoms with van der Waals surface area (Å²) >= 11 is 0. The van der Waals surface area contributed by atoms with Gasteiger partial charge in [-0.15, -0.1) is 0 Å². The van der Waals surface area contributed by atoms with Gasteiger partial charge in [0.15, 0.2) is 0 Å². The Kier molecular flexibility index (Phi) is 54.0. The van der Waals surface area contributed by atoms with Crippen LogP contribution in [0, 0.1) is 0 Å². The molecule has 2 N–H and O–H groups in total. The van der Waals surface area contributed by atoms with E-state index in [9.17, 15) is 19.0 Å². The second kappa shape index (κ2) is 56.2. The average Bonchev–Trinajstić information content (AvgIpc) is 3.39. The third-order valence-corrected chi connectivity index (χ3v) is 14.5. The number of rotatable bonds is 56. The van der Waals surface area contributed by atoms with E-state index in [2.05, 4.69) is 111 Å². The first-order chi connectivity index (χ1) is 37.4. The number of ether oxygens (including phenoxy) is 1. The van der Waals surface area contributed by atoms with E-state index in [1.807, 2.05) is 33.3 Å². The second-order valence-corrected chi connectivity index (χ2v) is 23.6. The molecular weight excluding hydrogens is 976 g/mol. The fraction of sp³-hybridized carbons (Fsp3) is 0.731. The van der Waals surface area contributed by atoms with Gasteiger partial charge in [0.05, 0.1) is 33.8 Å². The van der Waals surface area contributed by atoms with Crippen molar-refractivity contribution >= 4 is 19.7 Å². The third-order valence-electron chi connectivity index (χ3n) is 13.5. The van der Waals surface area contributed by atoms with E-state index >= 15 is 0 Å². The van der Waals surface area contributed by atoms with Gasteiger partial charge in [-0.3, -0.25) is 18.6 Å². The molecule has 9 nitrogen and oxygen atoms in total. The predicted molar refractivity (Wildman–Crippen MR) is 332 cm³/mol. The molecule has 0 aromatic carbocycles. The molecule has 0 aliphatic rings. The van der Waals surface area contributed by atoms with Crippen LogP contribution in [-0.4, -0.2) is 74.3 Å². The lowest BCUT2D eigenvalue weighted by Gasteiger charge is -2.27. The maximum atomic E-state index is 13.6. The van der Waals surface area contributed by atoms with Crippen molar-refractivity contribution in [2.75, 3.05) is 40.9 Å². The minimum atomic E-state index is -4.46. The SMILES string of the molecule is CC/C=C/C/C=C/C/C=C/CCCCCCC(=O)OC(/C=C\CCCCCCCCCCCC)C(COP(=O)(O)OCC[N+](C)(C)C)NC(=O)CCCCCCCCCCC/C=C\C/C=C\C/C=C\C/C=C\CCCCC. The lowest BCUT2D eigenvalue weighted by atomic mass is 10.0. The summed E-state index contributed by atoms with van der Waals surface area (Å²) in [6, 6.07) is -0.866. The molecule has 0 aliphatic heterocycles. The Labute approximate surface area is 475 Å². The number of hydrogen-bond acceptors (Lipinski definition) is 6. The van der Waals surface area contributed by atoms with Crippen LogP contribution in [0.2, 0.25) is 0 Å². The zero-order chi connectivity index (χ0) is 56.4. The number of likely N-dealkylation sites (N-methyl/N-ethyl adjacent to an activating group) is 1. The molecule has 0 aromatic heterocycles. The highest BCUT2D eigenvalue weighted by molar-refractivity contribution is 7.47. The summed E-state index contributed by atoms with van der Waals surface area (Å²) in [5.41, 5.74) is 0. The van der Waals surface area contributed by atoms with Crippen LogP contribution in [0.1, 0.15) is 265 Å². The van der Waals surface area contributed by atoms with E-state index in [0.29, 0.717) is 23.9 Å². The third kappa shape index (κ3) is 57.4. The molecule has 0 fully saturated rings. The normalized spacial score (nSPS) is 14.3. The van der Waals surface area contributed by atoms with Gasteiger partial charge in [-0.1, -0.05) is 240 Å². The van der Waals surface area contributed by atoms with Gasteiger partial charge in [-0.25, -0.2) is 4.57 Å². The lowest BCUT2D eigenvalue weighted by Crippen LogP contribution is -2.47. The zero-order valence-corrected chi connectivity index (χ0v) is 51.6.